The summed E-state index contributed by atoms with van der Waals surface area (Å²) < 4.78 is 0. The molecule has 0 N–H and O–H groups in total. The summed E-state index contributed by atoms with van der Waals surface area (Å²) in [6.07, 6.45) is 3.98. The fourth-order valence-electron chi connectivity index (χ4n) is 0.253. The molecule has 0 amide bonds. The zero-order valence-electron chi connectivity index (χ0n) is 9.20. The van der Waals surface area contributed by atoms with Crippen LogP contribution in [0.15, 0.2) is 0 Å². The highest BCUT2D eigenvalue weighted by Crippen LogP contribution is 2.17. The normalized spacial score (nSPS) is 10.0. The van der Waals surface area contributed by atoms with Gasteiger partial charge in [0.1, 0.15) is 0 Å². The summed E-state index contributed by atoms with van der Waals surface area (Å²) in [5.74, 6) is 0. The summed E-state index contributed by atoms with van der Waals surface area (Å²) in [7, 11) is -1.19. The number of halogens is 5. The standard InChI is InChI=1S/C3H8Cl2SSi.C2H5ClS.CH4Cl2Si/c1-6-3-7(2,4)5;1-4-2-3;1-4(2)3/h3H2,1-2H3;2H2,1H3;4H,1H3. The summed E-state index contributed by atoms with van der Waals surface area (Å²) in [6.45, 7) is 2.01. The molecule has 0 unspecified atom stereocenters. The maximum absolute atomic E-state index is 5.72. The second-order valence-corrected chi connectivity index (χ2v) is 19.0. The Labute approximate surface area is 129 Å². The van der Waals surface area contributed by atoms with Crippen molar-refractivity contribution in [3.8, 4) is 0 Å². The Morgan fingerprint density at radius 3 is 1.40 bits per heavy atom. The molecule has 0 bridgehead atoms. The number of thioether (sulfide) groups is 2. The third kappa shape index (κ3) is 61.3. The SMILES string of the molecule is CSCCl.CSC[Si](C)(Cl)Cl.C[SiH](Cl)Cl. The Bertz CT molecular complexity index is 107. The van der Waals surface area contributed by atoms with Crippen molar-refractivity contribution < 1.29 is 0 Å². The van der Waals surface area contributed by atoms with Gasteiger partial charge in [0.25, 0.3) is 6.69 Å². The van der Waals surface area contributed by atoms with Crippen LogP contribution in [0.5, 0.6) is 0 Å². The van der Waals surface area contributed by atoms with Crippen molar-refractivity contribution in [3.05, 3.63) is 0 Å². The maximum atomic E-state index is 5.72. The summed E-state index contributed by atoms with van der Waals surface area (Å²) in [5.41, 5.74) is 0. The van der Waals surface area contributed by atoms with E-state index in [4.69, 9.17) is 55.9 Å². The van der Waals surface area contributed by atoms with E-state index in [1.54, 1.807) is 23.5 Å². The van der Waals surface area contributed by atoms with E-state index in [0.29, 0.717) is 5.21 Å². The molecule has 0 aromatic rings. The van der Waals surface area contributed by atoms with Gasteiger partial charge in [0, 0.05) is 5.38 Å². The van der Waals surface area contributed by atoms with Crippen molar-refractivity contribution in [2.45, 2.75) is 13.1 Å². The molecule has 0 saturated carbocycles. The molecule has 0 radical (unpaired) electrons. The van der Waals surface area contributed by atoms with Crippen molar-refractivity contribution in [3.63, 3.8) is 0 Å². The van der Waals surface area contributed by atoms with E-state index in [-0.39, 0.29) is 0 Å². The first-order valence-electron chi connectivity index (χ1n) is 3.91. The average molecular weight is 387 g/mol. The molecule has 0 rings (SSSR count). The van der Waals surface area contributed by atoms with Gasteiger partial charge in [-0.15, -0.1) is 45.5 Å². The van der Waals surface area contributed by atoms with E-state index in [1.807, 2.05) is 25.6 Å². The molecular weight excluding hydrogens is 370 g/mol. The minimum absolute atomic E-state index is 0.708. The first-order chi connectivity index (χ1) is 6.71. The van der Waals surface area contributed by atoms with Crippen LogP contribution < -0.4 is 0 Å². The molecule has 0 saturated heterocycles. The van der Waals surface area contributed by atoms with Gasteiger partial charge in [-0.2, -0.15) is 33.9 Å². The average Bonchev–Trinajstić information content (AvgIpc) is 2.01. The second-order valence-electron chi connectivity index (χ2n) is 2.42. The molecule has 0 nitrogen and oxygen atoms in total. The summed E-state index contributed by atoms with van der Waals surface area (Å²) in [4.78, 5) is 0. The first-order valence-corrected chi connectivity index (χ1v) is 16.6. The van der Waals surface area contributed by atoms with Crippen molar-refractivity contribution in [2.75, 3.05) is 23.1 Å². The fourth-order valence-corrected chi connectivity index (χ4v) is 4.24. The quantitative estimate of drug-likeness (QED) is 0.367. The molecule has 0 aromatic heterocycles. The van der Waals surface area contributed by atoms with Crippen LogP contribution in [0.25, 0.3) is 0 Å². The lowest BCUT2D eigenvalue weighted by molar-refractivity contribution is 1.98. The zero-order valence-corrected chi connectivity index (χ0v) is 16.8. The highest BCUT2D eigenvalue weighted by Gasteiger charge is 2.18. The number of hydrogen-bond acceptors (Lipinski definition) is 2. The van der Waals surface area contributed by atoms with Crippen LogP contribution in [0.1, 0.15) is 0 Å². The van der Waals surface area contributed by atoms with Gasteiger partial charge in [0.15, 0.2) is 0 Å². The Balaban J connectivity index is -0.000000155. The van der Waals surface area contributed by atoms with Crippen LogP contribution >= 0.6 is 79.4 Å². The van der Waals surface area contributed by atoms with Gasteiger partial charge in [-0.05, 0) is 25.6 Å². The summed E-state index contributed by atoms with van der Waals surface area (Å²) in [5, 5.41) is 1.64. The van der Waals surface area contributed by atoms with Crippen molar-refractivity contribution >= 4 is 93.6 Å². The number of rotatable bonds is 3. The smallest absolute Gasteiger partial charge is 0.166 e. The maximum Gasteiger partial charge on any atom is 0.257 e. The lowest BCUT2D eigenvalue weighted by atomic mass is 11.8. The minimum Gasteiger partial charge on any atom is -0.166 e. The molecule has 0 heterocycles. The molecular formula is C6H17Cl5S2Si2. The van der Waals surface area contributed by atoms with Gasteiger partial charge in [-0.25, -0.2) is 0 Å². The highest BCUT2D eigenvalue weighted by atomic mass is 35.7. The molecule has 0 aliphatic rings. The van der Waals surface area contributed by atoms with Gasteiger partial charge in [0.2, 0.25) is 7.42 Å². The van der Waals surface area contributed by atoms with E-state index in [9.17, 15) is 0 Å². The molecule has 96 valence electrons. The first kappa shape index (κ1) is 22.7. The van der Waals surface area contributed by atoms with Gasteiger partial charge in [0.05, 0.1) is 5.21 Å². The molecule has 0 aliphatic heterocycles. The lowest BCUT2D eigenvalue weighted by Crippen LogP contribution is -2.16. The third-order valence-electron chi connectivity index (χ3n) is 0.507. The Kier molecular flexibility index (Phi) is 25.1. The minimum atomic E-state index is -1.75. The Morgan fingerprint density at radius 2 is 1.40 bits per heavy atom. The molecule has 15 heavy (non-hydrogen) atoms. The van der Waals surface area contributed by atoms with Crippen LogP contribution in [-0.2, 0) is 0 Å². The van der Waals surface area contributed by atoms with Crippen LogP contribution in [0, 0.1) is 0 Å². The van der Waals surface area contributed by atoms with Crippen LogP contribution in [-0.4, -0.2) is 37.2 Å². The Hall–Kier alpha value is 2.58. The molecule has 0 fully saturated rings. The topological polar surface area (TPSA) is 0 Å². The van der Waals surface area contributed by atoms with Crippen molar-refractivity contribution in [1.29, 1.82) is 0 Å². The molecule has 0 aliphatic carbocycles. The predicted molar refractivity (Wildman–Crippen MR) is 90.7 cm³/mol. The van der Waals surface area contributed by atoms with E-state index in [1.165, 1.54) is 0 Å². The van der Waals surface area contributed by atoms with Crippen molar-refractivity contribution in [2.24, 2.45) is 0 Å². The van der Waals surface area contributed by atoms with Crippen LogP contribution in [0.2, 0.25) is 13.1 Å². The molecule has 0 aromatic carbocycles. The van der Waals surface area contributed by atoms with Gasteiger partial charge in [-0.3, -0.25) is 0 Å². The highest BCUT2D eigenvalue weighted by molar-refractivity contribution is 8.01. The monoisotopic (exact) mass is 384 g/mol. The van der Waals surface area contributed by atoms with E-state index < -0.39 is 14.1 Å². The van der Waals surface area contributed by atoms with Gasteiger partial charge < -0.3 is 0 Å². The fraction of sp³-hybridized carbons (Fsp3) is 1.00. The number of alkyl halides is 1. The van der Waals surface area contributed by atoms with E-state index in [2.05, 4.69) is 0 Å². The summed E-state index contributed by atoms with van der Waals surface area (Å²) >= 11 is 30.3. The van der Waals surface area contributed by atoms with Crippen molar-refractivity contribution in [1.82, 2.24) is 0 Å². The molecule has 9 heteroatoms. The summed E-state index contributed by atoms with van der Waals surface area (Å²) in [6, 6.07) is 0. The zero-order chi connectivity index (χ0) is 12.9. The third-order valence-corrected chi connectivity index (χ3v) is 6.53. The van der Waals surface area contributed by atoms with E-state index in [0.717, 1.165) is 5.38 Å². The van der Waals surface area contributed by atoms with Crippen LogP contribution in [0.3, 0.4) is 0 Å². The largest absolute Gasteiger partial charge is 0.257 e. The molecule has 0 atom stereocenters. The van der Waals surface area contributed by atoms with Crippen LogP contribution in [0.4, 0.5) is 0 Å². The van der Waals surface area contributed by atoms with Gasteiger partial charge in [-0.1, -0.05) is 0 Å². The van der Waals surface area contributed by atoms with Gasteiger partial charge >= 0.3 is 0 Å². The van der Waals surface area contributed by atoms with E-state index >= 15 is 0 Å². The molecule has 0 spiro atoms. The predicted octanol–water partition coefficient (Wildman–Crippen LogP) is 5.30. The lowest BCUT2D eigenvalue weighted by Gasteiger charge is -2.04. The Morgan fingerprint density at radius 1 is 1.13 bits per heavy atom. The second kappa shape index (κ2) is 16.6. The number of hydrogen-bond donors (Lipinski definition) is 0.